The maximum Gasteiger partial charge on any atom is 0.340 e. The van der Waals surface area contributed by atoms with E-state index < -0.39 is 0 Å². The first kappa shape index (κ1) is 8.99. The van der Waals surface area contributed by atoms with Crippen LogP contribution in [0.3, 0.4) is 0 Å². The summed E-state index contributed by atoms with van der Waals surface area (Å²) in [7, 11) is 1.40. The average molecular weight is 282 g/mol. The second-order valence-corrected chi connectivity index (χ2v) is 4.75. The van der Waals surface area contributed by atoms with Crippen LogP contribution in [0.15, 0.2) is 5.38 Å². The fraction of sp³-hybridized carbons (Fsp3) is 0.286. The van der Waals surface area contributed by atoms with Crippen LogP contribution in [-0.2, 0) is 4.74 Å². The minimum Gasteiger partial charge on any atom is -0.465 e. The van der Waals surface area contributed by atoms with E-state index in [1.165, 1.54) is 7.11 Å². The summed E-state index contributed by atoms with van der Waals surface area (Å²) in [6, 6.07) is 0. The standard InChI is InChI=1S/C7H7IO2S/c1-4-3-11-6(8)5(4)7(9)10-2/h3H,1-2H3. The Kier molecular flexibility index (Phi) is 2.89. The van der Waals surface area contributed by atoms with Gasteiger partial charge in [-0.15, -0.1) is 11.3 Å². The number of methoxy groups -OCH3 is 1. The SMILES string of the molecule is COC(=O)c1c(C)csc1I. The molecule has 0 atom stereocenters. The molecule has 0 fully saturated rings. The number of esters is 1. The zero-order chi connectivity index (χ0) is 8.43. The van der Waals surface area contributed by atoms with Crippen molar-refractivity contribution in [2.45, 2.75) is 6.92 Å². The first-order valence-electron chi connectivity index (χ1n) is 2.98. The summed E-state index contributed by atoms with van der Waals surface area (Å²) in [5.41, 5.74) is 1.70. The molecular weight excluding hydrogens is 275 g/mol. The molecule has 1 aromatic heterocycles. The van der Waals surface area contributed by atoms with Gasteiger partial charge in [0.1, 0.15) is 0 Å². The van der Waals surface area contributed by atoms with Gasteiger partial charge in [-0.1, -0.05) is 0 Å². The molecule has 1 rings (SSSR count). The van der Waals surface area contributed by atoms with Crippen molar-refractivity contribution >= 4 is 39.9 Å². The van der Waals surface area contributed by atoms with Crippen molar-refractivity contribution in [1.29, 1.82) is 0 Å². The molecule has 60 valence electrons. The second-order valence-electron chi connectivity index (χ2n) is 2.06. The molecule has 0 spiro atoms. The summed E-state index contributed by atoms with van der Waals surface area (Å²) >= 11 is 3.70. The number of carbonyl (C=O) groups is 1. The fourth-order valence-electron chi connectivity index (χ4n) is 0.756. The Hall–Kier alpha value is -0.100. The fourth-order valence-corrected chi connectivity index (χ4v) is 2.54. The van der Waals surface area contributed by atoms with Crippen molar-refractivity contribution in [3.05, 3.63) is 19.4 Å². The van der Waals surface area contributed by atoms with Crippen molar-refractivity contribution < 1.29 is 9.53 Å². The number of halogens is 1. The van der Waals surface area contributed by atoms with E-state index in [0.717, 1.165) is 8.45 Å². The van der Waals surface area contributed by atoms with Crippen LogP contribution in [0, 0.1) is 9.81 Å². The highest BCUT2D eigenvalue weighted by Gasteiger charge is 2.14. The first-order valence-corrected chi connectivity index (χ1v) is 4.94. The van der Waals surface area contributed by atoms with E-state index in [1.807, 2.05) is 12.3 Å². The van der Waals surface area contributed by atoms with Crippen LogP contribution in [0.2, 0.25) is 0 Å². The monoisotopic (exact) mass is 282 g/mol. The van der Waals surface area contributed by atoms with Crippen molar-refractivity contribution in [3.8, 4) is 0 Å². The lowest BCUT2D eigenvalue weighted by Crippen LogP contribution is -2.02. The van der Waals surface area contributed by atoms with E-state index in [9.17, 15) is 4.79 Å². The molecule has 0 saturated heterocycles. The molecule has 0 bridgehead atoms. The minimum absolute atomic E-state index is 0.242. The quantitative estimate of drug-likeness (QED) is 0.584. The zero-order valence-electron chi connectivity index (χ0n) is 6.18. The third-order valence-electron chi connectivity index (χ3n) is 1.32. The molecule has 1 aromatic rings. The van der Waals surface area contributed by atoms with E-state index in [-0.39, 0.29) is 5.97 Å². The predicted molar refractivity (Wildman–Crippen MR) is 53.1 cm³/mol. The van der Waals surface area contributed by atoms with Crippen LogP contribution in [0.25, 0.3) is 0 Å². The van der Waals surface area contributed by atoms with E-state index >= 15 is 0 Å². The topological polar surface area (TPSA) is 26.3 Å². The van der Waals surface area contributed by atoms with Gasteiger partial charge >= 0.3 is 5.97 Å². The lowest BCUT2D eigenvalue weighted by atomic mass is 10.2. The van der Waals surface area contributed by atoms with Gasteiger partial charge < -0.3 is 4.74 Å². The second kappa shape index (κ2) is 3.53. The third kappa shape index (κ3) is 1.73. The van der Waals surface area contributed by atoms with E-state index in [2.05, 4.69) is 27.3 Å². The van der Waals surface area contributed by atoms with Gasteiger partial charge in [0.05, 0.1) is 15.6 Å². The number of carbonyl (C=O) groups excluding carboxylic acids is 1. The van der Waals surface area contributed by atoms with Gasteiger partial charge in [-0.2, -0.15) is 0 Å². The Labute approximate surface area is 82.7 Å². The van der Waals surface area contributed by atoms with Crippen LogP contribution in [0.1, 0.15) is 15.9 Å². The number of hydrogen-bond donors (Lipinski definition) is 0. The Morgan fingerprint density at radius 3 is 2.73 bits per heavy atom. The largest absolute Gasteiger partial charge is 0.465 e. The van der Waals surface area contributed by atoms with E-state index in [1.54, 1.807) is 11.3 Å². The molecule has 0 saturated carbocycles. The summed E-state index contributed by atoms with van der Waals surface area (Å²) in [6.07, 6.45) is 0. The van der Waals surface area contributed by atoms with Crippen LogP contribution >= 0.6 is 33.9 Å². The molecule has 0 aliphatic carbocycles. The molecule has 4 heteroatoms. The van der Waals surface area contributed by atoms with Crippen molar-refractivity contribution in [3.63, 3.8) is 0 Å². The van der Waals surface area contributed by atoms with Crippen LogP contribution in [0.5, 0.6) is 0 Å². The van der Waals surface area contributed by atoms with Crippen LogP contribution in [-0.4, -0.2) is 13.1 Å². The number of thiophene rings is 1. The van der Waals surface area contributed by atoms with E-state index in [0.29, 0.717) is 5.56 Å². The maximum absolute atomic E-state index is 11.1. The highest BCUT2D eigenvalue weighted by Crippen LogP contribution is 2.23. The lowest BCUT2D eigenvalue weighted by molar-refractivity contribution is 0.0599. The lowest BCUT2D eigenvalue weighted by Gasteiger charge is -1.97. The Balaban J connectivity index is 3.10. The zero-order valence-corrected chi connectivity index (χ0v) is 9.15. The Bertz CT molecular complexity index is 260. The number of rotatable bonds is 1. The molecule has 2 nitrogen and oxygen atoms in total. The summed E-state index contributed by atoms with van der Waals surface area (Å²) in [6.45, 7) is 1.91. The van der Waals surface area contributed by atoms with Gasteiger partial charge in [0, 0.05) is 0 Å². The first-order chi connectivity index (χ1) is 5.16. The Morgan fingerprint density at radius 2 is 2.36 bits per heavy atom. The molecule has 0 amide bonds. The minimum atomic E-state index is -0.242. The number of aryl methyl sites for hydroxylation is 1. The highest BCUT2D eigenvalue weighted by atomic mass is 127. The van der Waals surface area contributed by atoms with Crippen molar-refractivity contribution in [2.75, 3.05) is 7.11 Å². The molecule has 0 radical (unpaired) electrons. The normalized spacial score (nSPS) is 9.73. The van der Waals surface area contributed by atoms with Crippen molar-refractivity contribution in [2.24, 2.45) is 0 Å². The molecule has 0 N–H and O–H groups in total. The van der Waals surface area contributed by atoms with Gasteiger partial charge in [0.25, 0.3) is 0 Å². The van der Waals surface area contributed by atoms with Gasteiger partial charge in [0.15, 0.2) is 0 Å². The highest BCUT2D eigenvalue weighted by molar-refractivity contribution is 14.1. The molecule has 0 aliphatic rings. The van der Waals surface area contributed by atoms with E-state index in [4.69, 9.17) is 0 Å². The summed E-state index contributed by atoms with van der Waals surface area (Å²) < 4.78 is 5.61. The Morgan fingerprint density at radius 1 is 1.73 bits per heavy atom. The summed E-state index contributed by atoms with van der Waals surface area (Å²) in [5.74, 6) is -0.242. The third-order valence-corrected chi connectivity index (χ3v) is 3.50. The van der Waals surface area contributed by atoms with Crippen LogP contribution in [0.4, 0.5) is 0 Å². The van der Waals surface area contributed by atoms with Gasteiger partial charge in [-0.25, -0.2) is 4.79 Å². The van der Waals surface area contributed by atoms with Gasteiger partial charge in [-0.3, -0.25) is 0 Å². The van der Waals surface area contributed by atoms with Crippen molar-refractivity contribution in [1.82, 2.24) is 0 Å². The molecule has 0 unspecified atom stereocenters. The maximum atomic E-state index is 11.1. The van der Waals surface area contributed by atoms with Gasteiger partial charge in [0.2, 0.25) is 0 Å². The average Bonchev–Trinajstić information content (AvgIpc) is 2.30. The summed E-state index contributed by atoms with van der Waals surface area (Å²) in [5, 5.41) is 1.95. The number of hydrogen-bond acceptors (Lipinski definition) is 3. The molecule has 0 aliphatic heterocycles. The van der Waals surface area contributed by atoms with Crippen LogP contribution < -0.4 is 0 Å². The van der Waals surface area contributed by atoms with Gasteiger partial charge in [-0.05, 0) is 40.5 Å². The number of ether oxygens (including phenoxy) is 1. The predicted octanol–water partition coefficient (Wildman–Crippen LogP) is 2.45. The molecular formula is C7H7IO2S. The summed E-state index contributed by atoms with van der Waals surface area (Å²) in [4.78, 5) is 11.1. The smallest absolute Gasteiger partial charge is 0.340 e. The molecule has 0 aromatic carbocycles. The molecule has 11 heavy (non-hydrogen) atoms. The molecule has 1 heterocycles.